The molecule has 1 amide bonds. The Morgan fingerprint density at radius 1 is 1.33 bits per heavy atom. The zero-order valence-electron chi connectivity index (χ0n) is 14.2. The highest BCUT2D eigenvalue weighted by molar-refractivity contribution is 5.76. The summed E-state index contributed by atoms with van der Waals surface area (Å²) >= 11 is 0. The van der Waals surface area contributed by atoms with Crippen LogP contribution in [0.4, 0.5) is 0 Å². The van der Waals surface area contributed by atoms with E-state index in [2.05, 4.69) is 21.7 Å². The van der Waals surface area contributed by atoms with E-state index in [0.717, 1.165) is 44.5 Å². The van der Waals surface area contributed by atoms with Crippen LogP contribution in [0.25, 0.3) is 0 Å². The molecule has 2 aromatic rings. The molecule has 128 valence electrons. The highest BCUT2D eigenvalue weighted by Crippen LogP contribution is 2.22. The second-order valence-electron chi connectivity index (χ2n) is 6.35. The largest absolute Gasteiger partial charge is 0.497 e. The third-order valence-corrected chi connectivity index (χ3v) is 4.71. The van der Waals surface area contributed by atoms with Gasteiger partial charge in [0.15, 0.2) is 0 Å². The van der Waals surface area contributed by atoms with Crippen LogP contribution in [0.5, 0.6) is 5.75 Å². The molecular weight excluding hydrogens is 302 g/mol. The van der Waals surface area contributed by atoms with Crippen LogP contribution in [0, 0.1) is 0 Å². The molecule has 0 radical (unpaired) electrons. The Hall–Kier alpha value is -2.30. The van der Waals surface area contributed by atoms with Crippen molar-refractivity contribution in [3.63, 3.8) is 0 Å². The molecule has 0 unspecified atom stereocenters. The number of aryl methyl sites for hydroxylation is 1. The van der Waals surface area contributed by atoms with Crippen LogP contribution in [-0.2, 0) is 11.2 Å². The Bertz CT molecular complexity index is 637. The maximum absolute atomic E-state index is 12.5. The molecule has 0 N–H and O–H groups in total. The molecule has 1 aromatic heterocycles. The standard InChI is InChI=1S/C19H25N3O2/c1-24-18-9-7-16(8-10-18)4-2-6-19(23)21-12-3-5-17(14-21)22-13-11-20-15-22/h7-11,13,15,17H,2-6,12,14H2,1H3/t17-/m1/s1. The number of rotatable bonds is 6. The van der Waals surface area contributed by atoms with E-state index in [1.165, 1.54) is 5.56 Å². The first-order valence-electron chi connectivity index (χ1n) is 8.64. The minimum absolute atomic E-state index is 0.272. The number of nitrogens with zero attached hydrogens (tertiary/aromatic N) is 3. The van der Waals surface area contributed by atoms with E-state index >= 15 is 0 Å². The third-order valence-electron chi connectivity index (χ3n) is 4.71. The van der Waals surface area contributed by atoms with Gasteiger partial charge in [0.25, 0.3) is 0 Å². The number of hydrogen-bond acceptors (Lipinski definition) is 3. The van der Waals surface area contributed by atoms with Gasteiger partial charge in [0.1, 0.15) is 5.75 Å². The number of benzene rings is 1. The van der Waals surface area contributed by atoms with Crippen molar-refractivity contribution in [1.82, 2.24) is 14.5 Å². The van der Waals surface area contributed by atoms with Gasteiger partial charge in [-0.2, -0.15) is 0 Å². The van der Waals surface area contributed by atoms with Crippen molar-refractivity contribution in [2.24, 2.45) is 0 Å². The topological polar surface area (TPSA) is 47.4 Å². The lowest BCUT2D eigenvalue weighted by molar-refractivity contribution is -0.132. The second-order valence-corrected chi connectivity index (χ2v) is 6.35. The second kappa shape index (κ2) is 7.99. The van der Waals surface area contributed by atoms with E-state index in [4.69, 9.17) is 4.74 Å². The number of methoxy groups -OCH3 is 1. The van der Waals surface area contributed by atoms with E-state index in [-0.39, 0.29) is 5.91 Å². The van der Waals surface area contributed by atoms with Gasteiger partial charge in [-0.3, -0.25) is 4.79 Å². The molecule has 1 aliphatic heterocycles. The summed E-state index contributed by atoms with van der Waals surface area (Å²) in [7, 11) is 1.67. The van der Waals surface area contributed by atoms with Crippen LogP contribution in [0.2, 0.25) is 0 Å². The SMILES string of the molecule is COc1ccc(CCCC(=O)N2CCC[C@@H](n3ccnc3)C2)cc1. The molecule has 1 saturated heterocycles. The van der Waals surface area contributed by atoms with Gasteiger partial charge >= 0.3 is 0 Å². The number of ether oxygens (including phenoxy) is 1. The van der Waals surface area contributed by atoms with Crippen molar-refractivity contribution in [2.75, 3.05) is 20.2 Å². The number of carbonyl (C=O) groups is 1. The van der Waals surface area contributed by atoms with Crippen molar-refractivity contribution in [1.29, 1.82) is 0 Å². The van der Waals surface area contributed by atoms with Crippen LogP contribution in [0.15, 0.2) is 43.0 Å². The van der Waals surface area contributed by atoms with Crippen molar-refractivity contribution in [2.45, 2.75) is 38.1 Å². The van der Waals surface area contributed by atoms with Crippen molar-refractivity contribution < 1.29 is 9.53 Å². The number of imidazole rings is 1. The third kappa shape index (κ3) is 4.16. The first-order chi connectivity index (χ1) is 11.8. The smallest absolute Gasteiger partial charge is 0.222 e. The minimum Gasteiger partial charge on any atom is -0.497 e. The van der Waals surface area contributed by atoms with Gasteiger partial charge in [-0.15, -0.1) is 0 Å². The molecule has 2 heterocycles. The Kier molecular flexibility index (Phi) is 5.51. The fourth-order valence-electron chi connectivity index (χ4n) is 3.30. The molecule has 5 heteroatoms. The number of amides is 1. The van der Waals surface area contributed by atoms with E-state index < -0.39 is 0 Å². The normalized spacial score (nSPS) is 17.7. The Morgan fingerprint density at radius 2 is 2.17 bits per heavy atom. The molecule has 0 aliphatic carbocycles. The summed E-state index contributed by atoms with van der Waals surface area (Å²) in [6, 6.07) is 8.44. The summed E-state index contributed by atoms with van der Waals surface area (Å²) in [5, 5.41) is 0. The first-order valence-corrected chi connectivity index (χ1v) is 8.64. The summed E-state index contributed by atoms with van der Waals surface area (Å²) in [5.41, 5.74) is 1.25. The van der Waals surface area contributed by atoms with E-state index in [0.29, 0.717) is 12.5 Å². The fraction of sp³-hybridized carbons (Fsp3) is 0.474. The number of carbonyl (C=O) groups excluding carboxylic acids is 1. The predicted molar refractivity (Wildman–Crippen MR) is 93.0 cm³/mol. The van der Waals surface area contributed by atoms with Gasteiger partial charge in [0.2, 0.25) is 5.91 Å². The van der Waals surface area contributed by atoms with E-state index in [9.17, 15) is 4.79 Å². The van der Waals surface area contributed by atoms with Crippen LogP contribution < -0.4 is 4.74 Å². The summed E-state index contributed by atoms with van der Waals surface area (Å²) in [6.45, 7) is 1.68. The highest BCUT2D eigenvalue weighted by atomic mass is 16.5. The van der Waals surface area contributed by atoms with Crippen molar-refractivity contribution in [3.05, 3.63) is 48.5 Å². The van der Waals surface area contributed by atoms with Crippen LogP contribution >= 0.6 is 0 Å². The Balaban J connectivity index is 1.45. The van der Waals surface area contributed by atoms with Gasteiger partial charge in [-0.05, 0) is 43.4 Å². The summed E-state index contributed by atoms with van der Waals surface area (Å²) in [5.74, 6) is 1.14. The average molecular weight is 327 g/mol. The summed E-state index contributed by atoms with van der Waals surface area (Å²) in [6.07, 6.45) is 10.2. The number of likely N-dealkylation sites (tertiary alicyclic amines) is 1. The summed E-state index contributed by atoms with van der Waals surface area (Å²) < 4.78 is 7.29. The zero-order valence-corrected chi connectivity index (χ0v) is 14.2. The quantitative estimate of drug-likeness (QED) is 0.819. The highest BCUT2D eigenvalue weighted by Gasteiger charge is 2.23. The van der Waals surface area contributed by atoms with Crippen molar-refractivity contribution >= 4 is 5.91 Å². The first kappa shape index (κ1) is 16.6. The predicted octanol–water partition coefficient (Wildman–Crippen LogP) is 3.08. The van der Waals surface area contributed by atoms with E-state index in [1.807, 2.05) is 29.6 Å². The molecular formula is C19H25N3O2. The maximum atomic E-state index is 12.5. The van der Waals surface area contributed by atoms with Crippen LogP contribution in [-0.4, -0.2) is 40.6 Å². The molecule has 1 fully saturated rings. The van der Waals surface area contributed by atoms with Gasteiger partial charge < -0.3 is 14.2 Å². The molecule has 24 heavy (non-hydrogen) atoms. The molecule has 1 aromatic carbocycles. The van der Waals surface area contributed by atoms with Gasteiger partial charge in [-0.25, -0.2) is 4.98 Å². The molecule has 0 bridgehead atoms. The Morgan fingerprint density at radius 3 is 2.88 bits per heavy atom. The summed E-state index contributed by atoms with van der Waals surface area (Å²) in [4.78, 5) is 18.6. The van der Waals surface area contributed by atoms with Gasteiger partial charge in [0.05, 0.1) is 19.5 Å². The number of hydrogen-bond donors (Lipinski definition) is 0. The number of aromatic nitrogens is 2. The molecule has 3 rings (SSSR count). The van der Waals surface area contributed by atoms with Gasteiger partial charge in [-0.1, -0.05) is 12.1 Å². The number of piperidine rings is 1. The molecule has 1 atom stereocenters. The molecule has 1 aliphatic rings. The lowest BCUT2D eigenvalue weighted by atomic mass is 10.0. The van der Waals surface area contributed by atoms with E-state index in [1.54, 1.807) is 13.3 Å². The lowest BCUT2D eigenvalue weighted by Crippen LogP contribution is -2.40. The average Bonchev–Trinajstić information content (AvgIpc) is 3.17. The zero-order chi connectivity index (χ0) is 16.8. The fourth-order valence-corrected chi connectivity index (χ4v) is 3.30. The lowest BCUT2D eigenvalue weighted by Gasteiger charge is -2.33. The van der Waals surface area contributed by atoms with Crippen LogP contribution in [0.1, 0.15) is 37.3 Å². The minimum atomic E-state index is 0.272. The molecule has 5 nitrogen and oxygen atoms in total. The molecule has 0 spiro atoms. The van der Waals surface area contributed by atoms with Crippen molar-refractivity contribution in [3.8, 4) is 5.75 Å². The van der Waals surface area contributed by atoms with Crippen LogP contribution in [0.3, 0.4) is 0 Å². The Labute approximate surface area is 143 Å². The monoisotopic (exact) mass is 327 g/mol. The maximum Gasteiger partial charge on any atom is 0.222 e. The molecule has 0 saturated carbocycles. The van der Waals surface area contributed by atoms with Gasteiger partial charge in [0, 0.05) is 31.9 Å².